The molecule has 4 nitrogen and oxygen atoms in total. The van der Waals surface area contributed by atoms with Crippen LogP contribution in [0.2, 0.25) is 0 Å². The third-order valence-electron chi connectivity index (χ3n) is 2.47. The Morgan fingerprint density at radius 2 is 2.15 bits per heavy atom. The molecule has 0 aromatic rings. The second kappa shape index (κ2) is 5.94. The Balaban J connectivity index is 4.30. The predicted octanol–water partition coefficient (Wildman–Crippen LogP) is 0.217. The minimum atomic E-state index is -0.319. The maximum Gasteiger partial charge on any atom is 0.324 e. The van der Waals surface area contributed by atoms with E-state index < -0.39 is 0 Å². The molecule has 0 spiro atoms. The van der Waals surface area contributed by atoms with Crippen LogP contribution in [0.4, 0.5) is 0 Å². The van der Waals surface area contributed by atoms with Crippen LogP contribution < -0.4 is 5.73 Å². The lowest BCUT2D eigenvalue weighted by atomic mass is 10.1. The number of nitrogens with two attached hydrogens (primary N) is 1. The normalized spacial score (nSPS) is 15.5. The number of nitrogens with zero attached hydrogens (tertiary/aromatic N) is 1. The van der Waals surface area contributed by atoms with Gasteiger partial charge in [0.1, 0.15) is 6.04 Å². The quantitative estimate of drug-likeness (QED) is 0.627. The van der Waals surface area contributed by atoms with Crippen molar-refractivity contribution in [3.63, 3.8) is 0 Å². The largest absolute Gasteiger partial charge is 0.468 e. The molecule has 13 heavy (non-hydrogen) atoms. The van der Waals surface area contributed by atoms with Crippen molar-refractivity contribution in [1.82, 2.24) is 4.90 Å². The van der Waals surface area contributed by atoms with E-state index in [1.54, 1.807) is 0 Å². The van der Waals surface area contributed by atoms with Crippen LogP contribution in [0.15, 0.2) is 0 Å². The summed E-state index contributed by atoms with van der Waals surface area (Å²) in [5, 5.41) is 0. The molecule has 78 valence electrons. The van der Waals surface area contributed by atoms with Gasteiger partial charge in [-0.05, 0) is 20.4 Å². The predicted molar refractivity (Wildman–Crippen MR) is 52.4 cm³/mol. The smallest absolute Gasteiger partial charge is 0.324 e. The van der Waals surface area contributed by atoms with E-state index in [0.29, 0.717) is 12.6 Å². The second-order valence-corrected chi connectivity index (χ2v) is 3.20. The molecule has 4 heteroatoms. The van der Waals surface area contributed by atoms with Gasteiger partial charge in [-0.15, -0.1) is 0 Å². The maximum atomic E-state index is 11.3. The van der Waals surface area contributed by atoms with Gasteiger partial charge in [0, 0.05) is 12.6 Å². The lowest BCUT2D eigenvalue weighted by Gasteiger charge is -2.29. The number of rotatable bonds is 5. The minimum Gasteiger partial charge on any atom is -0.468 e. The van der Waals surface area contributed by atoms with Crippen LogP contribution in [-0.2, 0) is 9.53 Å². The summed E-state index contributed by atoms with van der Waals surface area (Å²) < 4.78 is 4.66. The van der Waals surface area contributed by atoms with Crippen molar-refractivity contribution in [1.29, 1.82) is 0 Å². The topological polar surface area (TPSA) is 55.6 Å². The summed E-state index contributed by atoms with van der Waals surface area (Å²) in [5.41, 5.74) is 5.50. The molecule has 0 fully saturated rings. The molecule has 2 atom stereocenters. The Morgan fingerprint density at radius 3 is 2.46 bits per heavy atom. The fourth-order valence-electron chi connectivity index (χ4n) is 1.16. The van der Waals surface area contributed by atoms with Crippen LogP contribution in [0.3, 0.4) is 0 Å². The van der Waals surface area contributed by atoms with Crippen molar-refractivity contribution in [3.8, 4) is 0 Å². The molecule has 0 amide bonds. The Hall–Kier alpha value is -0.610. The molecule has 0 aliphatic heterocycles. The lowest BCUT2D eigenvalue weighted by molar-refractivity contribution is -0.146. The van der Waals surface area contributed by atoms with Crippen LogP contribution in [0.1, 0.15) is 20.3 Å². The monoisotopic (exact) mass is 188 g/mol. The van der Waals surface area contributed by atoms with E-state index in [0.717, 1.165) is 6.42 Å². The van der Waals surface area contributed by atoms with Gasteiger partial charge in [-0.2, -0.15) is 0 Å². The van der Waals surface area contributed by atoms with Crippen molar-refractivity contribution in [2.24, 2.45) is 5.73 Å². The number of likely N-dealkylation sites (N-methyl/N-ethyl adjacent to an activating group) is 1. The van der Waals surface area contributed by atoms with Crippen LogP contribution in [0, 0.1) is 0 Å². The standard InChI is InChI=1S/C9H20N2O2/c1-5-7(2)11(3)8(6-10)9(12)13-4/h7-8H,5-6,10H2,1-4H3. The van der Waals surface area contributed by atoms with E-state index in [1.807, 2.05) is 11.9 Å². The zero-order valence-corrected chi connectivity index (χ0v) is 8.91. The molecule has 2 unspecified atom stereocenters. The first-order valence-corrected chi connectivity index (χ1v) is 4.58. The summed E-state index contributed by atoms with van der Waals surface area (Å²) in [6, 6.07) is 0.0209. The van der Waals surface area contributed by atoms with E-state index >= 15 is 0 Å². The van der Waals surface area contributed by atoms with Gasteiger partial charge >= 0.3 is 5.97 Å². The van der Waals surface area contributed by atoms with E-state index in [2.05, 4.69) is 18.6 Å². The summed E-state index contributed by atoms with van der Waals surface area (Å²) >= 11 is 0. The summed E-state index contributed by atoms with van der Waals surface area (Å²) in [7, 11) is 3.28. The molecule has 0 radical (unpaired) electrons. The minimum absolute atomic E-state index is 0.259. The molecule has 2 N–H and O–H groups in total. The molecule has 0 bridgehead atoms. The van der Waals surface area contributed by atoms with Gasteiger partial charge in [0.25, 0.3) is 0 Å². The highest BCUT2D eigenvalue weighted by molar-refractivity contribution is 5.75. The van der Waals surface area contributed by atoms with Gasteiger partial charge in [0.15, 0.2) is 0 Å². The van der Waals surface area contributed by atoms with Crippen molar-refractivity contribution >= 4 is 5.97 Å². The number of ether oxygens (including phenoxy) is 1. The fraction of sp³-hybridized carbons (Fsp3) is 0.889. The highest BCUT2D eigenvalue weighted by Gasteiger charge is 2.24. The number of carbonyl (C=O) groups excluding carboxylic acids is 1. The first-order chi connectivity index (χ1) is 6.08. The van der Waals surface area contributed by atoms with E-state index in [9.17, 15) is 4.79 Å². The summed E-state index contributed by atoms with van der Waals surface area (Å²) in [6.07, 6.45) is 0.990. The van der Waals surface area contributed by atoms with Crippen LogP contribution >= 0.6 is 0 Å². The molecule has 0 heterocycles. The van der Waals surface area contributed by atoms with Crippen LogP contribution in [0.5, 0.6) is 0 Å². The number of hydrogen-bond donors (Lipinski definition) is 1. The third kappa shape index (κ3) is 3.32. The maximum absolute atomic E-state index is 11.3. The van der Waals surface area contributed by atoms with Gasteiger partial charge in [-0.3, -0.25) is 9.69 Å². The zero-order chi connectivity index (χ0) is 10.4. The number of methoxy groups -OCH3 is 1. The number of hydrogen-bond acceptors (Lipinski definition) is 4. The summed E-state index contributed by atoms with van der Waals surface area (Å²) in [5.74, 6) is -0.259. The average molecular weight is 188 g/mol. The second-order valence-electron chi connectivity index (χ2n) is 3.20. The fourth-order valence-corrected chi connectivity index (χ4v) is 1.16. The molecule has 0 saturated carbocycles. The Bertz CT molecular complexity index is 162. The first-order valence-electron chi connectivity index (χ1n) is 4.58. The molecular weight excluding hydrogens is 168 g/mol. The van der Waals surface area contributed by atoms with Crippen molar-refractivity contribution in [2.75, 3.05) is 20.7 Å². The van der Waals surface area contributed by atoms with E-state index in [4.69, 9.17) is 5.73 Å². The van der Waals surface area contributed by atoms with E-state index in [1.165, 1.54) is 7.11 Å². The van der Waals surface area contributed by atoms with Gasteiger partial charge in [-0.1, -0.05) is 6.92 Å². The molecule has 0 aromatic carbocycles. The molecule has 0 rings (SSSR count). The van der Waals surface area contributed by atoms with Crippen molar-refractivity contribution < 1.29 is 9.53 Å². The molecule has 0 saturated heterocycles. The first kappa shape index (κ1) is 12.4. The zero-order valence-electron chi connectivity index (χ0n) is 8.91. The molecule has 0 aliphatic rings. The van der Waals surface area contributed by atoms with Crippen LogP contribution in [0.25, 0.3) is 0 Å². The van der Waals surface area contributed by atoms with Crippen molar-refractivity contribution in [2.45, 2.75) is 32.4 Å². The van der Waals surface area contributed by atoms with Gasteiger partial charge in [0.05, 0.1) is 7.11 Å². The Morgan fingerprint density at radius 1 is 1.62 bits per heavy atom. The Kier molecular flexibility index (Phi) is 5.66. The van der Waals surface area contributed by atoms with Gasteiger partial charge in [0.2, 0.25) is 0 Å². The number of esters is 1. The van der Waals surface area contributed by atoms with Crippen molar-refractivity contribution in [3.05, 3.63) is 0 Å². The van der Waals surface area contributed by atoms with Crippen LogP contribution in [-0.4, -0.2) is 43.7 Å². The number of carbonyl (C=O) groups is 1. The molecule has 0 aliphatic carbocycles. The SMILES string of the molecule is CCC(C)N(C)C(CN)C(=O)OC. The highest BCUT2D eigenvalue weighted by atomic mass is 16.5. The van der Waals surface area contributed by atoms with Gasteiger partial charge < -0.3 is 10.5 Å². The summed E-state index contributed by atoms with van der Waals surface area (Å²) in [6.45, 7) is 4.44. The van der Waals surface area contributed by atoms with Gasteiger partial charge in [-0.25, -0.2) is 0 Å². The molecule has 0 aromatic heterocycles. The Labute approximate surface area is 80.0 Å². The highest BCUT2D eigenvalue weighted by Crippen LogP contribution is 2.06. The summed E-state index contributed by atoms with van der Waals surface area (Å²) in [4.78, 5) is 13.2. The van der Waals surface area contributed by atoms with E-state index in [-0.39, 0.29) is 12.0 Å². The third-order valence-corrected chi connectivity index (χ3v) is 2.47. The lowest BCUT2D eigenvalue weighted by Crippen LogP contribution is -2.48. The average Bonchev–Trinajstić information content (AvgIpc) is 2.17. The molecular formula is C9H20N2O2.